The van der Waals surface area contributed by atoms with Gasteiger partial charge in [-0.2, -0.15) is 4.98 Å². The Labute approximate surface area is 159 Å². The molecule has 6 heteroatoms. The molecule has 0 amide bonds. The lowest BCUT2D eigenvalue weighted by Crippen LogP contribution is -2.21. The lowest BCUT2D eigenvalue weighted by atomic mass is 10.1. The molecule has 3 aromatic rings. The van der Waals surface area contributed by atoms with Gasteiger partial charge in [0, 0.05) is 36.3 Å². The Morgan fingerprint density at radius 2 is 1.81 bits per heavy atom. The molecule has 0 unspecified atom stereocenters. The van der Waals surface area contributed by atoms with Crippen LogP contribution in [0.3, 0.4) is 0 Å². The molecular formula is C21H24FN5. The molecule has 0 radical (unpaired) electrons. The van der Waals surface area contributed by atoms with E-state index in [1.807, 2.05) is 0 Å². The maximum Gasteiger partial charge on any atom is 0.229 e. The van der Waals surface area contributed by atoms with Gasteiger partial charge >= 0.3 is 0 Å². The van der Waals surface area contributed by atoms with Crippen molar-refractivity contribution in [2.45, 2.75) is 20.8 Å². The van der Waals surface area contributed by atoms with Crippen molar-refractivity contribution in [2.75, 3.05) is 28.6 Å². The summed E-state index contributed by atoms with van der Waals surface area (Å²) in [4.78, 5) is 11.0. The molecule has 0 bridgehead atoms. The molecule has 0 spiro atoms. The maximum atomic E-state index is 13.3. The number of benzene rings is 2. The van der Waals surface area contributed by atoms with Crippen LogP contribution >= 0.6 is 0 Å². The average molecular weight is 365 g/mol. The van der Waals surface area contributed by atoms with Crippen LogP contribution in [-0.2, 0) is 0 Å². The van der Waals surface area contributed by atoms with E-state index in [2.05, 4.69) is 64.5 Å². The van der Waals surface area contributed by atoms with Crippen molar-refractivity contribution in [3.05, 3.63) is 66.1 Å². The first kappa shape index (κ1) is 18.6. The standard InChI is InChI=1S/C21H24FN5/c1-4-27(5-2)18-9-10-19(15(3)13-18)25-20-11-12-23-21(26-20)24-17-8-6-7-16(22)14-17/h6-14H,4-5H2,1-3H3,(H2,23,24,25,26). The molecule has 1 aromatic heterocycles. The summed E-state index contributed by atoms with van der Waals surface area (Å²) in [6, 6.07) is 14.3. The van der Waals surface area contributed by atoms with Crippen LogP contribution in [0.25, 0.3) is 0 Å². The predicted octanol–water partition coefficient (Wildman–Crippen LogP) is 5.26. The maximum absolute atomic E-state index is 13.3. The number of hydrogen-bond acceptors (Lipinski definition) is 5. The number of aromatic nitrogens is 2. The Balaban J connectivity index is 1.76. The van der Waals surface area contributed by atoms with Crippen molar-refractivity contribution in [3.63, 3.8) is 0 Å². The fourth-order valence-electron chi connectivity index (χ4n) is 2.90. The Morgan fingerprint density at radius 1 is 1.00 bits per heavy atom. The number of aryl methyl sites for hydroxylation is 1. The molecule has 2 aromatic carbocycles. The van der Waals surface area contributed by atoms with E-state index in [-0.39, 0.29) is 5.82 Å². The fourth-order valence-corrected chi connectivity index (χ4v) is 2.90. The van der Waals surface area contributed by atoms with Gasteiger partial charge in [0.05, 0.1) is 0 Å². The van der Waals surface area contributed by atoms with Crippen LogP contribution in [0.4, 0.5) is 33.2 Å². The molecule has 27 heavy (non-hydrogen) atoms. The highest BCUT2D eigenvalue weighted by atomic mass is 19.1. The normalized spacial score (nSPS) is 10.5. The number of rotatable bonds is 7. The number of nitrogens with zero attached hydrogens (tertiary/aromatic N) is 3. The summed E-state index contributed by atoms with van der Waals surface area (Å²) >= 11 is 0. The molecule has 2 N–H and O–H groups in total. The van der Waals surface area contributed by atoms with Crippen LogP contribution in [0, 0.1) is 12.7 Å². The summed E-state index contributed by atoms with van der Waals surface area (Å²) in [6.07, 6.45) is 1.66. The van der Waals surface area contributed by atoms with E-state index in [0.29, 0.717) is 17.5 Å². The second kappa shape index (κ2) is 8.49. The van der Waals surface area contributed by atoms with E-state index < -0.39 is 0 Å². The van der Waals surface area contributed by atoms with Crippen molar-refractivity contribution in [1.29, 1.82) is 0 Å². The zero-order valence-electron chi connectivity index (χ0n) is 15.8. The van der Waals surface area contributed by atoms with Gasteiger partial charge in [0.2, 0.25) is 5.95 Å². The van der Waals surface area contributed by atoms with Gasteiger partial charge in [0.25, 0.3) is 0 Å². The lowest BCUT2D eigenvalue weighted by Gasteiger charge is -2.22. The molecule has 0 saturated heterocycles. The van der Waals surface area contributed by atoms with E-state index in [9.17, 15) is 4.39 Å². The van der Waals surface area contributed by atoms with Crippen LogP contribution in [-0.4, -0.2) is 23.1 Å². The summed E-state index contributed by atoms with van der Waals surface area (Å²) < 4.78 is 13.3. The van der Waals surface area contributed by atoms with Crippen molar-refractivity contribution in [1.82, 2.24) is 9.97 Å². The Hall–Kier alpha value is -3.15. The number of nitrogens with one attached hydrogen (secondary N) is 2. The van der Waals surface area contributed by atoms with Gasteiger partial charge in [-0.05, 0) is 68.8 Å². The molecular weight excluding hydrogens is 341 g/mol. The average Bonchev–Trinajstić information content (AvgIpc) is 2.65. The fraction of sp³-hybridized carbons (Fsp3) is 0.238. The Bertz CT molecular complexity index is 909. The van der Waals surface area contributed by atoms with Gasteiger partial charge in [0.1, 0.15) is 11.6 Å². The third-order valence-electron chi connectivity index (χ3n) is 4.34. The first-order valence-electron chi connectivity index (χ1n) is 9.07. The minimum Gasteiger partial charge on any atom is -0.372 e. The topological polar surface area (TPSA) is 53.1 Å². The SMILES string of the molecule is CCN(CC)c1ccc(Nc2ccnc(Nc3cccc(F)c3)n2)c(C)c1. The van der Waals surface area contributed by atoms with E-state index in [1.165, 1.54) is 17.8 Å². The minimum atomic E-state index is -0.307. The lowest BCUT2D eigenvalue weighted by molar-refractivity contribution is 0.628. The smallest absolute Gasteiger partial charge is 0.229 e. The predicted molar refractivity (Wildman–Crippen MR) is 110 cm³/mol. The molecule has 1 heterocycles. The first-order chi connectivity index (χ1) is 13.1. The number of halogens is 1. The molecule has 0 saturated carbocycles. The minimum absolute atomic E-state index is 0.307. The van der Waals surface area contributed by atoms with E-state index >= 15 is 0 Å². The van der Waals surface area contributed by atoms with E-state index in [1.54, 1.807) is 24.4 Å². The molecule has 0 aliphatic carbocycles. The zero-order chi connectivity index (χ0) is 19.2. The molecule has 140 valence electrons. The van der Waals surface area contributed by atoms with Crippen molar-refractivity contribution >= 4 is 28.8 Å². The summed E-state index contributed by atoms with van der Waals surface area (Å²) in [7, 11) is 0. The number of anilines is 5. The zero-order valence-corrected chi connectivity index (χ0v) is 15.8. The molecule has 5 nitrogen and oxygen atoms in total. The van der Waals surface area contributed by atoms with Crippen LogP contribution in [0.2, 0.25) is 0 Å². The van der Waals surface area contributed by atoms with Crippen LogP contribution in [0.15, 0.2) is 54.7 Å². The third kappa shape index (κ3) is 4.73. The van der Waals surface area contributed by atoms with Gasteiger partial charge < -0.3 is 15.5 Å². The van der Waals surface area contributed by atoms with Gasteiger partial charge in [-0.1, -0.05) is 6.07 Å². The highest BCUT2D eigenvalue weighted by molar-refractivity contribution is 5.66. The van der Waals surface area contributed by atoms with Crippen LogP contribution in [0.5, 0.6) is 0 Å². The first-order valence-corrected chi connectivity index (χ1v) is 9.07. The molecule has 0 aliphatic heterocycles. The van der Waals surface area contributed by atoms with Crippen molar-refractivity contribution in [2.24, 2.45) is 0 Å². The highest BCUT2D eigenvalue weighted by Crippen LogP contribution is 2.25. The van der Waals surface area contributed by atoms with Crippen LogP contribution < -0.4 is 15.5 Å². The van der Waals surface area contributed by atoms with Crippen LogP contribution in [0.1, 0.15) is 19.4 Å². The van der Waals surface area contributed by atoms with Crippen molar-refractivity contribution < 1.29 is 4.39 Å². The number of hydrogen-bond donors (Lipinski definition) is 2. The Kier molecular flexibility index (Phi) is 5.86. The molecule has 0 aliphatic rings. The quantitative estimate of drug-likeness (QED) is 0.598. The van der Waals surface area contributed by atoms with E-state index in [0.717, 1.165) is 24.3 Å². The molecule has 3 rings (SSSR count). The summed E-state index contributed by atoms with van der Waals surface area (Å²) in [6.45, 7) is 8.33. The molecule has 0 atom stereocenters. The van der Waals surface area contributed by atoms with Gasteiger partial charge in [-0.15, -0.1) is 0 Å². The largest absolute Gasteiger partial charge is 0.372 e. The van der Waals surface area contributed by atoms with Crippen molar-refractivity contribution in [3.8, 4) is 0 Å². The summed E-state index contributed by atoms with van der Waals surface area (Å²) in [5, 5.41) is 6.34. The third-order valence-corrected chi connectivity index (χ3v) is 4.34. The van der Waals surface area contributed by atoms with Gasteiger partial charge in [0.15, 0.2) is 0 Å². The summed E-state index contributed by atoms with van der Waals surface area (Å²) in [5.41, 5.74) is 3.94. The summed E-state index contributed by atoms with van der Waals surface area (Å²) in [5.74, 6) is 0.767. The van der Waals surface area contributed by atoms with E-state index in [4.69, 9.17) is 0 Å². The highest BCUT2D eigenvalue weighted by Gasteiger charge is 2.07. The second-order valence-electron chi connectivity index (χ2n) is 6.20. The van der Waals surface area contributed by atoms with Gasteiger partial charge in [-0.3, -0.25) is 0 Å². The molecule has 0 fully saturated rings. The second-order valence-corrected chi connectivity index (χ2v) is 6.20. The Morgan fingerprint density at radius 3 is 2.52 bits per heavy atom. The monoisotopic (exact) mass is 365 g/mol. The van der Waals surface area contributed by atoms with Gasteiger partial charge in [-0.25, -0.2) is 9.37 Å².